The highest BCUT2D eigenvalue weighted by Gasteiger charge is 2.18. The molecule has 1 aromatic carbocycles. The minimum atomic E-state index is -0.705. The largest absolute Gasteiger partial charge is 0.434 e. The number of aromatic nitrogens is 2. The number of nitrogens with zero attached hydrogens (tertiary/aromatic N) is 2. The number of hydrogen-bond donors (Lipinski definition) is 2. The molecule has 5 nitrogen and oxygen atoms in total. The maximum atomic E-state index is 13.8. The number of hydrogen-bond acceptors (Lipinski definition) is 4. The molecule has 0 unspecified atom stereocenters. The molecule has 0 aliphatic rings. The maximum Gasteiger partial charge on any atom is 0.250 e. The average Bonchev–Trinajstić information content (AvgIpc) is 2.39. The van der Waals surface area contributed by atoms with E-state index in [0.717, 1.165) is 0 Å². The standard InChI is InChI=1S/C13H12ClFN4O/c1-6-7(2)18-19-13(10(6)12(16)17)20-9-5-3-4-8(14)11(9)15/h3-5H,1-2H3,(H3,16,17). The minimum absolute atomic E-state index is 0.0261. The minimum Gasteiger partial charge on any atom is -0.434 e. The van der Waals surface area contributed by atoms with Crippen molar-refractivity contribution in [1.29, 1.82) is 5.41 Å². The summed E-state index contributed by atoms with van der Waals surface area (Å²) in [6.45, 7) is 3.47. The van der Waals surface area contributed by atoms with Crippen molar-refractivity contribution < 1.29 is 9.13 Å². The number of benzene rings is 1. The number of nitrogens with two attached hydrogens (primary N) is 1. The molecule has 7 heteroatoms. The van der Waals surface area contributed by atoms with E-state index in [1.807, 2.05) is 0 Å². The van der Waals surface area contributed by atoms with Crippen LogP contribution in [0, 0.1) is 25.1 Å². The number of amidine groups is 1. The van der Waals surface area contributed by atoms with Crippen molar-refractivity contribution in [3.63, 3.8) is 0 Å². The first-order valence-electron chi connectivity index (χ1n) is 5.72. The van der Waals surface area contributed by atoms with Crippen molar-refractivity contribution in [2.24, 2.45) is 5.73 Å². The Bertz CT molecular complexity index is 690. The Balaban J connectivity index is 2.52. The SMILES string of the molecule is Cc1nnc(Oc2cccc(Cl)c2F)c(C(=N)N)c1C. The van der Waals surface area contributed by atoms with Crippen LogP contribution in [0.15, 0.2) is 18.2 Å². The maximum absolute atomic E-state index is 13.8. The first-order chi connectivity index (χ1) is 9.41. The van der Waals surface area contributed by atoms with E-state index < -0.39 is 5.82 Å². The lowest BCUT2D eigenvalue weighted by Crippen LogP contribution is -2.16. The quantitative estimate of drug-likeness (QED) is 0.673. The molecular formula is C13H12ClFN4O. The normalized spacial score (nSPS) is 10.4. The van der Waals surface area contributed by atoms with E-state index in [1.54, 1.807) is 19.9 Å². The van der Waals surface area contributed by atoms with Crippen LogP contribution in [0.5, 0.6) is 11.6 Å². The van der Waals surface area contributed by atoms with Gasteiger partial charge in [0.2, 0.25) is 5.88 Å². The molecule has 20 heavy (non-hydrogen) atoms. The van der Waals surface area contributed by atoms with Gasteiger partial charge in [0.1, 0.15) is 5.84 Å². The molecule has 2 rings (SSSR count). The number of halogens is 2. The summed E-state index contributed by atoms with van der Waals surface area (Å²) in [5.41, 5.74) is 7.09. The lowest BCUT2D eigenvalue weighted by atomic mass is 10.1. The molecule has 104 valence electrons. The molecule has 0 fully saturated rings. The van der Waals surface area contributed by atoms with E-state index >= 15 is 0 Å². The predicted octanol–water partition coefficient (Wildman–Crippen LogP) is 2.96. The third-order valence-electron chi connectivity index (χ3n) is 2.81. The van der Waals surface area contributed by atoms with Crippen LogP contribution in [-0.4, -0.2) is 16.0 Å². The first-order valence-corrected chi connectivity index (χ1v) is 6.09. The highest BCUT2D eigenvalue weighted by atomic mass is 35.5. The van der Waals surface area contributed by atoms with Gasteiger partial charge in [0.25, 0.3) is 0 Å². The van der Waals surface area contributed by atoms with E-state index in [0.29, 0.717) is 11.3 Å². The summed E-state index contributed by atoms with van der Waals surface area (Å²) in [6.07, 6.45) is 0. The number of nitrogen functional groups attached to an aromatic ring is 1. The molecule has 0 saturated carbocycles. The Hall–Kier alpha value is -2.21. The van der Waals surface area contributed by atoms with Crippen molar-refractivity contribution >= 4 is 17.4 Å². The number of ether oxygens (including phenoxy) is 1. The Labute approximate surface area is 120 Å². The van der Waals surface area contributed by atoms with E-state index in [1.165, 1.54) is 12.1 Å². The average molecular weight is 295 g/mol. The lowest BCUT2D eigenvalue weighted by Gasteiger charge is -2.12. The van der Waals surface area contributed by atoms with Gasteiger partial charge in [-0.15, -0.1) is 5.10 Å². The van der Waals surface area contributed by atoms with Gasteiger partial charge in [-0.1, -0.05) is 17.7 Å². The molecular weight excluding hydrogens is 283 g/mol. The fourth-order valence-corrected chi connectivity index (χ4v) is 1.81. The fourth-order valence-electron chi connectivity index (χ4n) is 1.64. The van der Waals surface area contributed by atoms with Gasteiger partial charge in [0.15, 0.2) is 11.6 Å². The summed E-state index contributed by atoms with van der Waals surface area (Å²) in [5, 5.41) is 15.2. The molecule has 0 aliphatic carbocycles. The Kier molecular flexibility index (Phi) is 3.85. The zero-order valence-electron chi connectivity index (χ0n) is 10.9. The van der Waals surface area contributed by atoms with Gasteiger partial charge in [0.05, 0.1) is 16.3 Å². The summed E-state index contributed by atoms with van der Waals surface area (Å²) >= 11 is 5.68. The fraction of sp³-hybridized carbons (Fsp3) is 0.154. The highest BCUT2D eigenvalue weighted by Crippen LogP contribution is 2.30. The van der Waals surface area contributed by atoms with Gasteiger partial charge < -0.3 is 10.5 Å². The molecule has 0 amide bonds. The lowest BCUT2D eigenvalue weighted by molar-refractivity contribution is 0.420. The van der Waals surface area contributed by atoms with Gasteiger partial charge in [-0.25, -0.2) is 4.39 Å². The third-order valence-corrected chi connectivity index (χ3v) is 3.11. The van der Waals surface area contributed by atoms with E-state index in [2.05, 4.69) is 10.2 Å². The van der Waals surface area contributed by atoms with Crippen LogP contribution in [0.1, 0.15) is 16.8 Å². The second-order valence-electron chi connectivity index (χ2n) is 4.16. The van der Waals surface area contributed by atoms with Gasteiger partial charge in [-0.3, -0.25) is 5.41 Å². The number of nitrogens with one attached hydrogen (secondary N) is 1. The van der Waals surface area contributed by atoms with E-state index in [-0.39, 0.29) is 28.1 Å². The van der Waals surface area contributed by atoms with E-state index in [4.69, 9.17) is 27.5 Å². The van der Waals surface area contributed by atoms with Crippen LogP contribution in [0.4, 0.5) is 4.39 Å². The number of aryl methyl sites for hydroxylation is 1. The van der Waals surface area contributed by atoms with Crippen LogP contribution in [-0.2, 0) is 0 Å². The molecule has 2 aromatic rings. The molecule has 0 bridgehead atoms. The topological polar surface area (TPSA) is 84.9 Å². The third kappa shape index (κ3) is 2.55. The Morgan fingerprint density at radius 1 is 1.35 bits per heavy atom. The summed E-state index contributed by atoms with van der Waals surface area (Å²) in [6, 6.07) is 4.35. The molecule has 3 N–H and O–H groups in total. The summed E-state index contributed by atoms with van der Waals surface area (Å²) in [7, 11) is 0. The molecule has 1 heterocycles. The Morgan fingerprint density at radius 3 is 2.70 bits per heavy atom. The van der Waals surface area contributed by atoms with Crippen LogP contribution in [0.3, 0.4) is 0 Å². The monoisotopic (exact) mass is 294 g/mol. The molecule has 0 atom stereocenters. The molecule has 0 aliphatic heterocycles. The van der Waals surface area contributed by atoms with Crippen molar-refractivity contribution in [2.45, 2.75) is 13.8 Å². The molecule has 0 spiro atoms. The summed E-state index contributed by atoms with van der Waals surface area (Å²) < 4.78 is 19.2. The molecule has 1 aromatic heterocycles. The predicted molar refractivity (Wildman–Crippen MR) is 74.0 cm³/mol. The Morgan fingerprint density at radius 2 is 2.05 bits per heavy atom. The van der Waals surface area contributed by atoms with Crippen molar-refractivity contribution in [1.82, 2.24) is 10.2 Å². The second kappa shape index (κ2) is 5.42. The van der Waals surface area contributed by atoms with Gasteiger partial charge in [0, 0.05) is 0 Å². The van der Waals surface area contributed by atoms with Crippen LogP contribution in [0.25, 0.3) is 0 Å². The van der Waals surface area contributed by atoms with Gasteiger partial charge >= 0.3 is 0 Å². The van der Waals surface area contributed by atoms with Crippen molar-refractivity contribution in [2.75, 3.05) is 0 Å². The summed E-state index contributed by atoms with van der Waals surface area (Å²) in [4.78, 5) is 0. The highest BCUT2D eigenvalue weighted by molar-refractivity contribution is 6.30. The van der Waals surface area contributed by atoms with Crippen LogP contribution in [0.2, 0.25) is 5.02 Å². The number of rotatable bonds is 3. The van der Waals surface area contributed by atoms with E-state index in [9.17, 15) is 4.39 Å². The molecule has 0 radical (unpaired) electrons. The van der Waals surface area contributed by atoms with Gasteiger partial charge in [-0.05, 0) is 31.5 Å². The summed E-state index contributed by atoms with van der Waals surface area (Å²) in [5.74, 6) is -1.05. The van der Waals surface area contributed by atoms with Crippen LogP contribution < -0.4 is 10.5 Å². The molecule has 0 saturated heterocycles. The van der Waals surface area contributed by atoms with Crippen molar-refractivity contribution in [3.8, 4) is 11.6 Å². The first kappa shape index (κ1) is 14.2. The zero-order valence-corrected chi connectivity index (χ0v) is 11.6. The van der Waals surface area contributed by atoms with Crippen molar-refractivity contribution in [3.05, 3.63) is 45.9 Å². The van der Waals surface area contributed by atoms with Crippen LogP contribution >= 0.6 is 11.6 Å². The van der Waals surface area contributed by atoms with Gasteiger partial charge in [-0.2, -0.15) is 5.10 Å². The zero-order chi connectivity index (χ0) is 14.9. The second-order valence-corrected chi connectivity index (χ2v) is 4.57. The smallest absolute Gasteiger partial charge is 0.250 e.